The first kappa shape index (κ1) is 33.0. The van der Waals surface area contributed by atoms with Crippen molar-refractivity contribution >= 4 is 85.4 Å². The second kappa shape index (κ2) is 13.7. The highest BCUT2D eigenvalue weighted by atomic mass is 35.5. The van der Waals surface area contributed by atoms with Gasteiger partial charge in [-0.15, -0.1) is 0 Å². The van der Waals surface area contributed by atoms with Gasteiger partial charge >= 0.3 is 0 Å². The molecule has 0 saturated heterocycles. The minimum atomic E-state index is -2.77. The number of hydrogen-bond acceptors (Lipinski definition) is 2. The van der Waals surface area contributed by atoms with Crippen LogP contribution in [0.2, 0.25) is 5.02 Å². The molecule has 1 aromatic heterocycles. The Bertz CT molecular complexity index is 2700. The molecule has 2 heterocycles. The molecule has 0 N–H and O–H groups in total. The summed E-state index contributed by atoms with van der Waals surface area (Å²) in [6.45, 7) is 0. The van der Waals surface area contributed by atoms with Crippen molar-refractivity contribution in [2.75, 3.05) is 9.80 Å². The third kappa shape index (κ3) is 5.25. The van der Waals surface area contributed by atoms with E-state index in [1.807, 2.05) is 0 Å². The number of para-hydroxylation sites is 5. The summed E-state index contributed by atoms with van der Waals surface area (Å²) in [7, 11) is -2.77. The first-order chi connectivity index (χ1) is 27.2. The summed E-state index contributed by atoms with van der Waals surface area (Å²) in [6.07, 6.45) is 2.24. The lowest BCUT2D eigenvalue weighted by Gasteiger charge is -2.45. The summed E-state index contributed by atoms with van der Waals surface area (Å²) in [6, 6.07) is 76.2. The Labute approximate surface area is 327 Å². The summed E-state index contributed by atoms with van der Waals surface area (Å²) < 4.78 is 2.27. The Morgan fingerprint density at radius 1 is 0.418 bits per heavy atom. The molecule has 0 saturated carbocycles. The predicted octanol–water partition coefficient (Wildman–Crippen LogP) is 10.9. The van der Waals surface area contributed by atoms with Gasteiger partial charge in [0, 0.05) is 34.3 Å². The van der Waals surface area contributed by atoms with Crippen LogP contribution < -0.4 is 30.5 Å². The number of aromatic nitrogens is 1. The average molecular weight is 742 g/mol. The highest BCUT2D eigenvalue weighted by Crippen LogP contribution is 2.49. The Balaban J connectivity index is 1.22. The summed E-state index contributed by atoms with van der Waals surface area (Å²) in [5, 5.41) is 7.17. The van der Waals surface area contributed by atoms with Crippen LogP contribution in [-0.2, 0) is 0 Å². The van der Waals surface area contributed by atoms with Gasteiger partial charge in [0.05, 0.1) is 27.6 Å². The maximum absolute atomic E-state index is 7.87. The number of nitrogens with zero attached hydrogens (tertiary/aromatic N) is 3. The standard InChI is InChI=1S/C50H36ClN3Si/c51-50-45(53(38-22-7-2-8-23-38)47-36-52(37-20-5-1-6-21-37)42-29-14-13-28-41(42)47)32-19-33-46(50)54-43-30-15-17-34-48(43)55(39-24-9-3-10-25-39,40-26-11-4-12-27-40)49-35-18-16-31-44(49)54/h1-36H. The molecule has 0 amide bonds. The molecule has 8 aromatic carbocycles. The number of benzene rings is 8. The highest BCUT2D eigenvalue weighted by Gasteiger charge is 2.48. The normalized spacial score (nSPS) is 12.9. The third-order valence-corrected chi connectivity index (χ3v) is 16.2. The summed E-state index contributed by atoms with van der Waals surface area (Å²) in [5.41, 5.74) is 8.41. The van der Waals surface area contributed by atoms with E-state index in [2.05, 4.69) is 233 Å². The van der Waals surface area contributed by atoms with Gasteiger partial charge in [-0.1, -0.05) is 169 Å². The van der Waals surface area contributed by atoms with E-state index in [9.17, 15) is 0 Å². The van der Waals surface area contributed by atoms with E-state index in [1.165, 1.54) is 20.7 Å². The van der Waals surface area contributed by atoms with Gasteiger partial charge in [-0.3, -0.25) is 0 Å². The SMILES string of the molecule is Clc1c(N2c3ccccc3[Si](c3ccccc3)(c3ccccc3)c3ccccc32)cccc1N(c1ccccc1)c1cn(-c2ccccc2)c2ccccc12. The second-order valence-electron chi connectivity index (χ2n) is 13.9. The molecule has 0 spiro atoms. The maximum atomic E-state index is 7.87. The molecule has 55 heavy (non-hydrogen) atoms. The first-order valence-electron chi connectivity index (χ1n) is 18.6. The summed E-state index contributed by atoms with van der Waals surface area (Å²) >= 11 is 7.87. The summed E-state index contributed by atoms with van der Waals surface area (Å²) in [5.74, 6) is 0. The lowest BCUT2D eigenvalue weighted by atomic mass is 10.1. The largest absolute Gasteiger partial charge is 0.314 e. The van der Waals surface area contributed by atoms with Crippen LogP contribution in [0.1, 0.15) is 0 Å². The van der Waals surface area contributed by atoms with Gasteiger partial charge in [0.25, 0.3) is 0 Å². The van der Waals surface area contributed by atoms with E-state index in [1.54, 1.807) is 0 Å². The quantitative estimate of drug-likeness (QED) is 0.151. The zero-order valence-electron chi connectivity index (χ0n) is 30.0. The van der Waals surface area contributed by atoms with Gasteiger partial charge < -0.3 is 14.4 Å². The minimum Gasteiger partial charge on any atom is -0.314 e. The fourth-order valence-electron chi connectivity index (χ4n) is 8.65. The van der Waals surface area contributed by atoms with Crippen molar-refractivity contribution in [1.82, 2.24) is 4.57 Å². The number of hydrogen-bond donors (Lipinski definition) is 0. The second-order valence-corrected chi connectivity index (χ2v) is 18.0. The van der Waals surface area contributed by atoms with Crippen LogP contribution in [0.5, 0.6) is 0 Å². The van der Waals surface area contributed by atoms with Gasteiger partial charge in [-0.05, 0) is 75.3 Å². The van der Waals surface area contributed by atoms with Crippen LogP contribution in [-0.4, -0.2) is 12.6 Å². The lowest BCUT2D eigenvalue weighted by molar-refractivity contribution is 1.12. The van der Waals surface area contributed by atoms with Gasteiger partial charge in [0.15, 0.2) is 8.07 Å². The van der Waals surface area contributed by atoms with Crippen molar-refractivity contribution in [3.8, 4) is 5.69 Å². The smallest absolute Gasteiger partial charge is 0.184 e. The molecule has 262 valence electrons. The Morgan fingerprint density at radius 2 is 0.909 bits per heavy atom. The Kier molecular flexibility index (Phi) is 8.21. The maximum Gasteiger partial charge on any atom is 0.184 e. The molecule has 0 atom stereocenters. The first-order valence-corrected chi connectivity index (χ1v) is 21.0. The molecule has 10 rings (SSSR count). The van der Waals surface area contributed by atoms with Crippen molar-refractivity contribution in [2.45, 2.75) is 0 Å². The Hall–Kier alpha value is -6.59. The van der Waals surface area contributed by atoms with Crippen LogP contribution >= 0.6 is 11.6 Å². The zero-order chi connectivity index (χ0) is 36.8. The van der Waals surface area contributed by atoms with Crippen molar-refractivity contribution in [1.29, 1.82) is 0 Å². The van der Waals surface area contributed by atoms with Crippen LogP contribution in [0, 0.1) is 0 Å². The van der Waals surface area contributed by atoms with E-state index in [-0.39, 0.29) is 0 Å². The number of fused-ring (bicyclic) bond motifs is 3. The molecule has 0 aliphatic carbocycles. The fourth-order valence-corrected chi connectivity index (χ4v) is 14.0. The molecule has 3 nitrogen and oxygen atoms in total. The summed E-state index contributed by atoms with van der Waals surface area (Å²) in [4.78, 5) is 4.70. The van der Waals surface area contributed by atoms with Crippen molar-refractivity contribution in [2.24, 2.45) is 0 Å². The fraction of sp³-hybridized carbons (Fsp3) is 0. The van der Waals surface area contributed by atoms with Crippen molar-refractivity contribution < 1.29 is 0 Å². The third-order valence-electron chi connectivity index (χ3n) is 10.9. The number of rotatable bonds is 7. The molecular formula is C50H36ClN3Si. The minimum absolute atomic E-state index is 0.668. The van der Waals surface area contributed by atoms with Crippen LogP contribution in [0.4, 0.5) is 34.1 Å². The van der Waals surface area contributed by atoms with E-state index in [0.717, 1.165) is 50.7 Å². The molecule has 0 fully saturated rings. The van der Waals surface area contributed by atoms with E-state index in [0.29, 0.717) is 5.02 Å². The Morgan fingerprint density at radius 3 is 1.53 bits per heavy atom. The van der Waals surface area contributed by atoms with Crippen molar-refractivity contribution in [3.63, 3.8) is 0 Å². The zero-order valence-corrected chi connectivity index (χ0v) is 31.8. The van der Waals surface area contributed by atoms with Crippen LogP contribution in [0.3, 0.4) is 0 Å². The average Bonchev–Trinajstić information content (AvgIpc) is 3.64. The molecular weight excluding hydrogens is 706 g/mol. The van der Waals surface area contributed by atoms with E-state index >= 15 is 0 Å². The molecule has 9 aromatic rings. The monoisotopic (exact) mass is 741 g/mol. The predicted molar refractivity (Wildman–Crippen MR) is 235 cm³/mol. The molecule has 0 bridgehead atoms. The molecule has 0 unspecified atom stereocenters. The molecule has 5 heteroatoms. The van der Waals surface area contributed by atoms with E-state index in [4.69, 9.17) is 11.6 Å². The highest BCUT2D eigenvalue weighted by molar-refractivity contribution is 7.21. The molecule has 1 aliphatic heterocycles. The van der Waals surface area contributed by atoms with E-state index < -0.39 is 8.07 Å². The van der Waals surface area contributed by atoms with Gasteiger partial charge in [-0.25, -0.2) is 0 Å². The van der Waals surface area contributed by atoms with Gasteiger partial charge in [0.1, 0.15) is 0 Å². The number of anilines is 6. The van der Waals surface area contributed by atoms with Crippen LogP contribution in [0.25, 0.3) is 16.6 Å². The topological polar surface area (TPSA) is 11.4 Å². The van der Waals surface area contributed by atoms with Crippen LogP contribution in [0.15, 0.2) is 219 Å². The van der Waals surface area contributed by atoms with Gasteiger partial charge in [-0.2, -0.15) is 0 Å². The number of halogens is 1. The molecule has 0 radical (unpaired) electrons. The molecule has 1 aliphatic rings. The van der Waals surface area contributed by atoms with Crippen molar-refractivity contribution in [3.05, 3.63) is 224 Å². The van der Waals surface area contributed by atoms with Gasteiger partial charge in [0.2, 0.25) is 0 Å². The lowest BCUT2D eigenvalue weighted by Crippen LogP contribution is -2.77.